The summed E-state index contributed by atoms with van der Waals surface area (Å²) in [6.07, 6.45) is 6.89. The summed E-state index contributed by atoms with van der Waals surface area (Å²) < 4.78 is 2.89. The van der Waals surface area contributed by atoms with E-state index in [1.54, 1.807) is 24.3 Å². The van der Waals surface area contributed by atoms with Gasteiger partial charge in [-0.25, -0.2) is 9.13 Å². The highest BCUT2D eigenvalue weighted by atomic mass is 79.9. The second-order valence-electron chi connectivity index (χ2n) is 6.70. The molecule has 0 amide bonds. The molecule has 3 aromatic rings. The van der Waals surface area contributed by atoms with E-state index in [1.807, 2.05) is 0 Å². The van der Waals surface area contributed by atoms with Crippen LogP contribution in [-0.4, -0.2) is 26.8 Å². The van der Waals surface area contributed by atoms with Gasteiger partial charge in [0, 0.05) is 28.8 Å². The molecule has 1 heterocycles. The molecule has 8 nitrogen and oxygen atoms in total. The Kier molecular flexibility index (Phi) is 5.95. The molecule has 0 fully saturated rings. The van der Waals surface area contributed by atoms with E-state index >= 15 is 0 Å². The van der Waals surface area contributed by atoms with Crippen LogP contribution in [0.1, 0.15) is 42.5 Å². The Morgan fingerprint density at radius 3 is 2.26 bits per heavy atom. The number of imidazole rings is 1. The summed E-state index contributed by atoms with van der Waals surface area (Å²) in [4.78, 5) is 49.1. The number of nitro groups is 1. The van der Waals surface area contributed by atoms with Crippen LogP contribution in [0.2, 0.25) is 0 Å². The number of non-ortho nitro benzene ring substituents is 1. The van der Waals surface area contributed by atoms with Crippen LogP contribution in [0.25, 0.3) is 0 Å². The van der Waals surface area contributed by atoms with E-state index in [4.69, 9.17) is 6.42 Å². The van der Waals surface area contributed by atoms with Crippen LogP contribution in [0.5, 0.6) is 0 Å². The normalized spacial score (nSPS) is 11.7. The number of aromatic nitrogens is 2. The first kappa shape index (κ1) is 21.8. The fourth-order valence-electron chi connectivity index (χ4n) is 3.52. The standard InChI is InChI=1S/C22H14N3O5.BrH/c1-2-11-23-13-24(12-18(26)14-7-9-15(10-8-14)25(29)30)20-19(23)21(27)16-5-3-4-6-17(16)22(20)28;/h1,3-10,13H,11-12H2;1H/q+1;/p-1. The lowest BCUT2D eigenvalue weighted by Crippen LogP contribution is -3.00. The average molecular weight is 480 g/mol. The highest BCUT2D eigenvalue weighted by Crippen LogP contribution is 2.26. The van der Waals surface area contributed by atoms with Gasteiger partial charge in [-0.2, -0.15) is 0 Å². The van der Waals surface area contributed by atoms with E-state index in [1.165, 1.54) is 39.7 Å². The van der Waals surface area contributed by atoms with Crippen molar-refractivity contribution in [2.24, 2.45) is 0 Å². The van der Waals surface area contributed by atoms with Crippen molar-refractivity contribution in [2.45, 2.75) is 13.1 Å². The van der Waals surface area contributed by atoms with Crippen molar-refractivity contribution in [2.75, 3.05) is 0 Å². The smallest absolute Gasteiger partial charge is 0.269 e. The van der Waals surface area contributed by atoms with Crippen LogP contribution in [0.15, 0.2) is 54.9 Å². The Hall–Kier alpha value is -3.90. The summed E-state index contributed by atoms with van der Waals surface area (Å²) in [6.45, 7) is -0.166. The Labute approximate surface area is 187 Å². The van der Waals surface area contributed by atoms with Gasteiger partial charge >= 0.3 is 0 Å². The fraction of sp³-hybridized carbons (Fsp3) is 0.0909. The summed E-state index contributed by atoms with van der Waals surface area (Å²) in [7, 11) is 0. The predicted octanol–water partition coefficient (Wildman–Crippen LogP) is -1.02. The van der Waals surface area contributed by atoms with E-state index in [-0.39, 0.29) is 75.6 Å². The summed E-state index contributed by atoms with van der Waals surface area (Å²) in [5.74, 6) is 1.38. The van der Waals surface area contributed by atoms with Crippen LogP contribution >= 0.6 is 0 Å². The first-order valence-electron chi connectivity index (χ1n) is 8.94. The van der Waals surface area contributed by atoms with E-state index in [0.29, 0.717) is 5.56 Å². The molecule has 0 spiro atoms. The second-order valence-corrected chi connectivity index (χ2v) is 6.70. The number of hydrogen-bond donors (Lipinski definition) is 0. The number of hydrogen-bond acceptors (Lipinski definition) is 5. The molecule has 1 aromatic heterocycles. The number of terminal acetylenes is 1. The summed E-state index contributed by atoms with van der Waals surface area (Å²) in [5, 5.41) is 10.8. The maximum atomic E-state index is 13.1. The molecule has 4 rings (SSSR count). The third-order valence-corrected chi connectivity index (χ3v) is 4.90. The molecule has 2 aromatic carbocycles. The van der Waals surface area contributed by atoms with Crippen molar-refractivity contribution < 1.29 is 40.9 Å². The molecular weight excluding hydrogens is 466 g/mol. The molecule has 0 saturated heterocycles. The zero-order valence-electron chi connectivity index (χ0n) is 15.9. The molecule has 0 radical (unpaired) electrons. The van der Waals surface area contributed by atoms with E-state index in [9.17, 15) is 24.5 Å². The maximum absolute atomic E-state index is 13.1. The highest BCUT2D eigenvalue weighted by molar-refractivity contribution is 6.26. The van der Waals surface area contributed by atoms with Crippen molar-refractivity contribution in [1.29, 1.82) is 0 Å². The number of fused-ring (bicyclic) bond motifs is 2. The van der Waals surface area contributed by atoms with Gasteiger partial charge in [-0.3, -0.25) is 24.5 Å². The molecule has 0 unspecified atom stereocenters. The van der Waals surface area contributed by atoms with Gasteiger partial charge < -0.3 is 17.0 Å². The lowest BCUT2D eigenvalue weighted by Gasteiger charge is -2.12. The van der Waals surface area contributed by atoms with Crippen LogP contribution in [0.4, 0.5) is 5.69 Å². The minimum absolute atomic E-state index is 0. The molecule has 0 N–H and O–H groups in total. The zero-order valence-corrected chi connectivity index (χ0v) is 17.5. The Balaban J connectivity index is 0.00000272. The van der Waals surface area contributed by atoms with Gasteiger partial charge in [0.15, 0.2) is 13.1 Å². The van der Waals surface area contributed by atoms with Crippen molar-refractivity contribution >= 4 is 23.0 Å². The van der Waals surface area contributed by atoms with Crippen LogP contribution < -0.4 is 21.5 Å². The minimum Gasteiger partial charge on any atom is -1.00 e. The van der Waals surface area contributed by atoms with Crippen molar-refractivity contribution in [3.8, 4) is 12.3 Å². The third kappa shape index (κ3) is 3.69. The van der Waals surface area contributed by atoms with Crippen molar-refractivity contribution in [3.05, 3.63) is 93.1 Å². The number of benzene rings is 2. The quantitative estimate of drug-likeness (QED) is 0.120. The molecule has 0 atom stereocenters. The van der Waals surface area contributed by atoms with Crippen LogP contribution in [0, 0.1) is 22.5 Å². The third-order valence-electron chi connectivity index (χ3n) is 4.90. The lowest BCUT2D eigenvalue weighted by molar-refractivity contribution is -0.684. The van der Waals surface area contributed by atoms with Crippen LogP contribution in [0.3, 0.4) is 0 Å². The lowest BCUT2D eigenvalue weighted by atomic mass is 9.90. The number of carbonyl (C=O) groups excluding carboxylic acids is 3. The van der Waals surface area contributed by atoms with Gasteiger partial charge in [-0.15, -0.1) is 6.42 Å². The molecular formula is C22H14BrN3O5. The summed E-state index contributed by atoms with van der Waals surface area (Å²) >= 11 is 0. The van der Waals surface area contributed by atoms with Gasteiger partial charge in [0.25, 0.3) is 5.69 Å². The van der Waals surface area contributed by atoms with Crippen LogP contribution in [-0.2, 0) is 13.1 Å². The Morgan fingerprint density at radius 1 is 1.06 bits per heavy atom. The number of ketones is 3. The number of nitrogens with zero attached hydrogens (tertiary/aromatic N) is 3. The fourth-order valence-corrected chi connectivity index (χ4v) is 3.52. The molecule has 9 heteroatoms. The average Bonchev–Trinajstić information content (AvgIpc) is 3.10. The highest BCUT2D eigenvalue weighted by Gasteiger charge is 2.41. The van der Waals surface area contributed by atoms with Crippen molar-refractivity contribution in [3.63, 3.8) is 0 Å². The number of Topliss-reactive ketones (excluding diaryl/α,β-unsaturated/α-hetero) is 1. The SMILES string of the molecule is C#CCn1c[n+](CC(=O)c2ccc([N+](=O)[O-])cc2)c2c1C(=O)c1ccccc1C2=O.[Br-]. The molecule has 0 aliphatic heterocycles. The van der Waals surface area contributed by atoms with E-state index < -0.39 is 4.92 Å². The molecule has 0 saturated carbocycles. The van der Waals surface area contributed by atoms with E-state index in [0.717, 1.165) is 0 Å². The minimum atomic E-state index is -0.555. The predicted molar refractivity (Wildman–Crippen MR) is 104 cm³/mol. The van der Waals surface area contributed by atoms with E-state index in [2.05, 4.69) is 5.92 Å². The van der Waals surface area contributed by atoms with Gasteiger partial charge in [0.2, 0.25) is 35.1 Å². The molecule has 1 aliphatic carbocycles. The monoisotopic (exact) mass is 479 g/mol. The second kappa shape index (κ2) is 8.45. The molecule has 31 heavy (non-hydrogen) atoms. The Bertz CT molecular complexity index is 1290. The number of halogens is 1. The molecule has 154 valence electrons. The molecule has 1 aliphatic rings. The number of carbonyl (C=O) groups is 3. The van der Waals surface area contributed by atoms with Crippen molar-refractivity contribution in [1.82, 2.24) is 4.57 Å². The first-order valence-corrected chi connectivity index (χ1v) is 8.94. The number of nitro benzene ring substituents is 1. The van der Waals surface area contributed by atoms with Gasteiger partial charge in [0.05, 0.1) is 4.92 Å². The summed E-state index contributed by atoms with van der Waals surface area (Å²) in [5.41, 5.74) is 0.929. The van der Waals surface area contributed by atoms with Gasteiger partial charge in [-0.05, 0) is 12.1 Å². The van der Waals surface area contributed by atoms with Gasteiger partial charge in [0.1, 0.15) is 0 Å². The zero-order chi connectivity index (χ0) is 21.4. The largest absolute Gasteiger partial charge is 1.00 e. The summed E-state index contributed by atoms with van der Waals surface area (Å²) in [6, 6.07) is 11.7. The maximum Gasteiger partial charge on any atom is 0.269 e. The number of rotatable bonds is 5. The molecule has 0 bridgehead atoms. The first-order chi connectivity index (χ1) is 14.4. The Morgan fingerprint density at radius 2 is 1.68 bits per heavy atom. The van der Waals surface area contributed by atoms with Gasteiger partial charge in [-0.1, -0.05) is 30.2 Å². The topological polar surface area (TPSA) is 103 Å².